The summed E-state index contributed by atoms with van der Waals surface area (Å²) < 4.78 is 10.9. The minimum Gasteiger partial charge on any atom is -0.493 e. The summed E-state index contributed by atoms with van der Waals surface area (Å²) in [5.74, 6) is 1.30. The molecule has 1 aromatic rings. The number of unbranched alkanes of at least 4 members (excludes halogenated alkanes) is 12. The number of nitrogens with two attached hydrogens (primary N) is 1. The van der Waals surface area contributed by atoms with Gasteiger partial charge >= 0.3 is 6.03 Å². The molecule has 2 amide bonds. The van der Waals surface area contributed by atoms with Gasteiger partial charge in [0.05, 0.1) is 7.11 Å². The maximum absolute atomic E-state index is 12.0. The first-order chi connectivity index (χ1) is 17.2. The molecule has 4 N–H and O–H groups in total. The Balaban J connectivity index is 1.96. The summed E-state index contributed by atoms with van der Waals surface area (Å²) in [6, 6.07) is 5.49. The number of rotatable bonds is 22. The molecule has 6 nitrogen and oxygen atoms in total. The molecule has 1 aromatic carbocycles. The van der Waals surface area contributed by atoms with Gasteiger partial charge in [-0.3, -0.25) is 0 Å². The topological polar surface area (TPSA) is 85.6 Å². The van der Waals surface area contributed by atoms with E-state index in [0.717, 1.165) is 18.4 Å². The quantitative estimate of drug-likeness (QED) is 0.123. The van der Waals surface area contributed by atoms with Gasteiger partial charge in [0, 0.05) is 19.6 Å². The summed E-state index contributed by atoms with van der Waals surface area (Å²) in [6.45, 7) is 4.30. The molecule has 0 aliphatic heterocycles. The molecule has 0 bridgehead atoms. The molecule has 200 valence electrons. The van der Waals surface area contributed by atoms with Crippen LogP contribution in [0.4, 0.5) is 4.79 Å². The SMILES string of the molecule is CCCCCCCC/C=C\CCCCCCCCNC(=O)NCc1ccc(OCCN)c(OC)c1. The lowest BCUT2D eigenvalue weighted by Crippen LogP contribution is -2.35. The number of methoxy groups -OCH3 is 1. The van der Waals surface area contributed by atoms with Gasteiger partial charge in [0.1, 0.15) is 6.61 Å². The predicted molar refractivity (Wildman–Crippen MR) is 147 cm³/mol. The maximum Gasteiger partial charge on any atom is 0.315 e. The summed E-state index contributed by atoms with van der Waals surface area (Å²) in [4.78, 5) is 12.0. The van der Waals surface area contributed by atoms with E-state index in [9.17, 15) is 4.79 Å². The summed E-state index contributed by atoms with van der Waals surface area (Å²) in [5, 5.41) is 5.84. The van der Waals surface area contributed by atoms with E-state index in [1.54, 1.807) is 7.11 Å². The fraction of sp³-hybridized carbons (Fsp3) is 0.690. The van der Waals surface area contributed by atoms with E-state index >= 15 is 0 Å². The van der Waals surface area contributed by atoms with E-state index in [2.05, 4.69) is 29.7 Å². The largest absolute Gasteiger partial charge is 0.493 e. The number of ether oxygens (including phenoxy) is 2. The molecule has 0 saturated carbocycles. The molecule has 6 heteroatoms. The number of carbonyl (C=O) groups is 1. The van der Waals surface area contributed by atoms with Crippen LogP contribution in [0.2, 0.25) is 0 Å². The van der Waals surface area contributed by atoms with Crippen LogP contribution in [-0.2, 0) is 6.54 Å². The lowest BCUT2D eigenvalue weighted by atomic mass is 10.1. The number of hydrogen-bond acceptors (Lipinski definition) is 4. The summed E-state index contributed by atoms with van der Waals surface area (Å²) >= 11 is 0. The van der Waals surface area contributed by atoms with E-state index in [1.165, 1.54) is 77.0 Å². The average molecular weight is 490 g/mol. The lowest BCUT2D eigenvalue weighted by Gasteiger charge is -2.12. The van der Waals surface area contributed by atoms with Crippen LogP contribution in [-0.4, -0.2) is 32.8 Å². The molecule has 0 saturated heterocycles. The molecule has 35 heavy (non-hydrogen) atoms. The molecule has 0 unspecified atom stereocenters. The van der Waals surface area contributed by atoms with Crippen molar-refractivity contribution in [2.75, 3.05) is 26.8 Å². The van der Waals surface area contributed by atoms with E-state index in [4.69, 9.17) is 15.2 Å². The molecular weight excluding hydrogens is 438 g/mol. The van der Waals surface area contributed by atoms with Crippen LogP contribution >= 0.6 is 0 Å². The third-order valence-corrected chi connectivity index (χ3v) is 6.03. The first-order valence-electron chi connectivity index (χ1n) is 13.9. The molecule has 0 heterocycles. The zero-order chi connectivity index (χ0) is 25.4. The molecule has 0 radical (unpaired) electrons. The maximum atomic E-state index is 12.0. The van der Waals surface area contributed by atoms with Gasteiger partial charge in [0.2, 0.25) is 0 Å². The van der Waals surface area contributed by atoms with Crippen LogP contribution < -0.4 is 25.8 Å². The predicted octanol–water partition coefficient (Wildman–Crippen LogP) is 6.87. The van der Waals surface area contributed by atoms with Crippen molar-refractivity contribution in [3.8, 4) is 11.5 Å². The zero-order valence-corrected chi connectivity index (χ0v) is 22.4. The second-order valence-electron chi connectivity index (χ2n) is 9.17. The van der Waals surface area contributed by atoms with Gasteiger partial charge in [-0.1, -0.05) is 82.9 Å². The minimum atomic E-state index is -0.139. The van der Waals surface area contributed by atoms with Crippen molar-refractivity contribution in [1.29, 1.82) is 0 Å². The molecule has 1 rings (SSSR count). The Morgan fingerprint density at radius 3 is 2.11 bits per heavy atom. The van der Waals surface area contributed by atoms with Crippen LogP contribution in [0.3, 0.4) is 0 Å². The van der Waals surface area contributed by atoms with Crippen molar-refractivity contribution in [3.05, 3.63) is 35.9 Å². The fourth-order valence-electron chi connectivity index (χ4n) is 3.93. The molecular formula is C29H51N3O3. The number of benzene rings is 1. The van der Waals surface area contributed by atoms with Gasteiger partial charge in [-0.05, 0) is 49.8 Å². The molecule has 0 atom stereocenters. The van der Waals surface area contributed by atoms with Crippen LogP contribution in [0.15, 0.2) is 30.4 Å². The van der Waals surface area contributed by atoms with Gasteiger partial charge in [-0.2, -0.15) is 0 Å². The lowest BCUT2D eigenvalue weighted by molar-refractivity contribution is 0.240. The number of nitrogens with one attached hydrogen (secondary N) is 2. The Bertz CT molecular complexity index is 679. The third kappa shape index (κ3) is 17.0. The highest BCUT2D eigenvalue weighted by Gasteiger charge is 2.07. The summed E-state index contributed by atoms with van der Waals surface area (Å²) in [6.07, 6.45) is 22.8. The second kappa shape index (κ2) is 22.3. The number of hydrogen-bond donors (Lipinski definition) is 3. The highest BCUT2D eigenvalue weighted by molar-refractivity contribution is 5.73. The Morgan fingerprint density at radius 2 is 1.49 bits per heavy atom. The molecule has 0 aliphatic carbocycles. The third-order valence-electron chi connectivity index (χ3n) is 6.03. The van der Waals surface area contributed by atoms with Crippen LogP contribution in [0.1, 0.15) is 102 Å². The zero-order valence-electron chi connectivity index (χ0n) is 22.4. The molecule has 0 aliphatic rings. The normalized spacial score (nSPS) is 11.1. The number of carbonyl (C=O) groups excluding carboxylic acids is 1. The van der Waals surface area contributed by atoms with Gasteiger partial charge in [-0.15, -0.1) is 0 Å². The second-order valence-corrected chi connectivity index (χ2v) is 9.17. The standard InChI is InChI=1S/C29H51N3O3/c1-3-4-5-6-7-8-9-10-11-12-13-14-15-16-17-18-22-31-29(33)32-25-26-19-20-27(35-23-21-30)28(24-26)34-2/h10-11,19-20,24H,3-9,12-18,21-23,25,30H2,1-2H3,(H2,31,32,33)/b11-10-. The monoisotopic (exact) mass is 489 g/mol. The number of allylic oxidation sites excluding steroid dienone is 2. The Morgan fingerprint density at radius 1 is 0.857 bits per heavy atom. The molecule has 0 spiro atoms. The Kier molecular flexibility index (Phi) is 19.6. The first-order valence-corrected chi connectivity index (χ1v) is 13.9. The van der Waals surface area contributed by atoms with Crippen LogP contribution in [0.25, 0.3) is 0 Å². The van der Waals surface area contributed by atoms with E-state index in [0.29, 0.717) is 37.7 Å². The fourth-order valence-corrected chi connectivity index (χ4v) is 3.93. The van der Waals surface area contributed by atoms with E-state index in [-0.39, 0.29) is 6.03 Å². The first kappa shape index (κ1) is 30.8. The Labute approximate surface area is 214 Å². The van der Waals surface area contributed by atoms with Crippen molar-refractivity contribution < 1.29 is 14.3 Å². The summed E-state index contributed by atoms with van der Waals surface area (Å²) in [7, 11) is 1.60. The van der Waals surface area contributed by atoms with Gasteiger partial charge in [-0.25, -0.2) is 4.79 Å². The summed E-state index contributed by atoms with van der Waals surface area (Å²) in [5.41, 5.74) is 6.43. The smallest absolute Gasteiger partial charge is 0.315 e. The highest BCUT2D eigenvalue weighted by Crippen LogP contribution is 2.27. The Hall–Kier alpha value is -2.21. The van der Waals surface area contributed by atoms with Crippen molar-refractivity contribution in [2.24, 2.45) is 5.73 Å². The van der Waals surface area contributed by atoms with Crippen molar-refractivity contribution >= 4 is 6.03 Å². The van der Waals surface area contributed by atoms with E-state index in [1.807, 2.05) is 18.2 Å². The minimum absolute atomic E-state index is 0.139. The molecule has 0 aromatic heterocycles. The highest BCUT2D eigenvalue weighted by atomic mass is 16.5. The van der Waals surface area contributed by atoms with Crippen molar-refractivity contribution in [2.45, 2.75) is 103 Å². The van der Waals surface area contributed by atoms with Crippen LogP contribution in [0.5, 0.6) is 11.5 Å². The van der Waals surface area contributed by atoms with Gasteiger partial charge < -0.3 is 25.8 Å². The number of urea groups is 1. The van der Waals surface area contributed by atoms with Crippen LogP contribution in [0, 0.1) is 0 Å². The van der Waals surface area contributed by atoms with E-state index < -0.39 is 0 Å². The molecule has 0 fully saturated rings. The van der Waals surface area contributed by atoms with Gasteiger partial charge in [0.15, 0.2) is 11.5 Å². The van der Waals surface area contributed by atoms with Crippen molar-refractivity contribution in [3.63, 3.8) is 0 Å². The van der Waals surface area contributed by atoms with Crippen molar-refractivity contribution in [1.82, 2.24) is 10.6 Å². The average Bonchev–Trinajstić information content (AvgIpc) is 2.88. The number of amides is 2. The van der Waals surface area contributed by atoms with Gasteiger partial charge in [0.25, 0.3) is 0 Å².